The molecule has 1 saturated heterocycles. The van der Waals surface area contributed by atoms with E-state index in [1.165, 1.54) is 29.7 Å². The van der Waals surface area contributed by atoms with E-state index in [-0.39, 0.29) is 5.91 Å². The number of carbonyl (C=O) groups is 1. The van der Waals surface area contributed by atoms with Gasteiger partial charge in [-0.3, -0.25) is 9.69 Å². The van der Waals surface area contributed by atoms with E-state index in [4.69, 9.17) is 0 Å². The summed E-state index contributed by atoms with van der Waals surface area (Å²) < 4.78 is 0. The highest BCUT2D eigenvalue weighted by Gasteiger charge is 2.23. The van der Waals surface area contributed by atoms with Gasteiger partial charge in [0.25, 0.3) is 0 Å². The number of nitrogens with zero attached hydrogens (tertiary/aromatic N) is 5. The number of carbonyl (C=O) groups excluding carboxylic acids is 1. The number of aromatic nitrogens is 2. The first-order valence-electron chi connectivity index (χ1n) is 10.3. The van der Waals surface area contributed by atoms with Gasteiger partial charge in [0.05, 0.1) is 12.1 Å². The van der Waals surface area contributed by atoms with Crippen LogP contribution in [0.3, 0.4) is 0 Å². The monoisotopic (exact) mass is 410 g/mol. The minimum Gasteiger partial charge on any atom is -0.338 e. The van der Waals surface area contributed by atoms with Gasteiger partial charge in [0.2, 0.25) is 11.9 Å². The summed E-state index contributed by atoms with van der Waals surface area (Å²) in [6.07, 6.45) is 10.2. The summed E-state index contributed by atoms with van der Waals surface area (Å²) in [5.41, 5.74) is 1.86. The van der Waals surface area contributed by atoms with E-state index in [0.717, 1.165) is 56.4 Å². The second-order valence-electron chi connectivity index (χ2n) is 7.59. The number of piperazine rings is 1. The molecule has 1 amide bonds. The van der Waals surface area contributed by atoms with Crippen molar-refractivity contribution < 1.29 is 4.79 Å². The molecule has 1 N–H and O–H groups in total. The molecule has 0 saturated carbocycles. The van der Waals surface area contributed by atoms with E-state index in [2.05, 4.69) is 31.2 Å². The molecule has 3 heterocycles. The van der Waals surface area contributed by atoms with Crippen LogP contribution in [0, 0.1) is 11.3 Å². The molecule has 0 bridgehead atoms. The number of rotatable bonds is 4. The Kier molecular flexibility index (Phi) is 6.37. The molecule has 0 aromatic carbocycles. The van der Waals surface area contributed by atoms with E-state index in [9.17, 15) is 10.1 Å². The third-order valence-corrected chi connectivity index (χ3v) is 6.82. The molecule has 8 heteroatoms. The van der Waals surface area contributed by atoms with Gasteiger partial charge in [-0.05, 0) is 37.3 Å². The van der Waals surface area contributed by atoms with Gasteiger partial charge in [0.15, 0.2) is 0 Å². The normalized spacial score (nSPS) is 17.7. The third-order valence-electron chi connectivity index (χ3n) is 5.61. The number of hydrogen-bond acceptors (Lipinski definition) is 7. The Labute approximate surface area is 175 Å². The van der Waals surface area contributed by atoms with Crippen LogP contribution in [-0.4, -0.2) is 53.5 Å². The molecule has 0 unspecified atom stereocenters. The standard InChI is InChI=1S/C21H26N6OS/c22-14-17-16-6-3-1-2-4-7-18(16)29-20(17)25-19(28)15-26-10-12-27(13-11-26)21-23-8-5-9-24-21/h5,8-9H,1-4,6-7,10-13,15H2,(H,25,28). The number of anilines is 2. The van der Waals surface area contributed by atoms with Gasteiger partial charge in [0.1, 0.15) is 11.1 Å². The molecule has 1 fully saturated rings. The summed E-state index contributed by atoms with van der Waals surface area (Å²) in [4.78, 5) is 26.8. The molecule has 2 aromatic heterocycles. The van der Waals surface area contributed by atoms with Crippen LogP contribution < -0.4 is 10.2 Å². The highest BCUT2D eigenvalue weighted by molar-refractivity contribution is 7.16. The first-order valence-corrected chi connectivity index (χ1v) is 11.1. The molecular weight excluding hydrogens is 384 g/mol. The zero-order chi connectivity index (χ0) is 20.1. The predicted molar refractivity (Wildman–Crippen MR) is 114 cm³/mol. The van der Waals surface area contributed by atoms with Crippen LogP contribution in [0.25, 0.3) is 0 Å². The molecule has 0 spiro atoms. The lowest BCUT2D eigenvalue weighted by Crippen LogP contribution is -2.49. The molecular formula is C21H26N6OS. The minimum absolute atomic E-state index is 0.0415. The molecule has 1 aliphatic heterocycles. The smallest absolute Gasteiger partial charge is 0.239 e. The van der Waals surface area contributed by atoms with E-state index < -0.39 is 0 Å². The van der Waals surface area contributed by atoms with Crippen LogP contribution in [-0.2, 0) is 17.6 Å². The predicted octanol–water partition coefficient (Wildman–Crippen LogP) is 2.83. The maximum atomic E-state index is 12.7. The highest BCUT2D eigenvalue weighted by atomic mass is 32.1. The summed E-state index contributed by atoms with van der Waals surface area (Å²) in [6, 6.07) is 4.16. The lowest BCUT2D eigenvalue weighted by Gasteiger charge is -2.34. The fraction of sp³-hybridized carbons (Fsp3) is 0.524. The zero-order valence-electron chi connectivity index (χ0n) is 16.6. The lowest BCUT2D eigenvalue weighted by molar-refractivity contribution is -0.117. The Morgan fingerprint density at radius 3 is 2.55 bits per heavy atom. The van der Waals surface area contributed by atoms with Crippen molar-refractivity contribution in [2.45, 2.75) is 38.5 Å². The largest absolute Gasteiger partial charge is 0.338 e. The van der Waals surface area contributed by atoms with Gasteiger partial charge in [0, 0.05) is 43.4 Å². The quantitative estimate of drug-likeness (QED) is 0.834. The fourth-order valence-corrected chi connectivity index (χ4v) is 5.31. The maximum absolute atomic E-state index is 12.7. The van der Waals surface area contributed by atoms with Crippen molar-refractivity contribution in [2.24, 2.45) is 0 Å². The van der Waals surface area contributed by atoms with Crippen molar-refractivity contribution in [3.63, 3.8) is 0 Å². The molecule has 2 aromatic rings. The van der Waals surface area contributed by atoms with E-state index in [1.54, 1.807) is 23.7 Å². The summed E-state index contributed by atoms with van der Waals surface area (Å²) >= 11 is 1.60. The van der Waals surface area contributed by atoms with Crippen LogP contribution in [0.2, 0.25) is 0 Å². The topological polar surface area (TPSA) is 85.2 Å². The van der Waals surface area contributed by atoms with Gasteiger partial charge in [-0.1, -0.05) is 12.8 Å². The zero-order valence-corrected chi connectivity index (χ0v) is 17.4. The summed E-state index contributed by atoms with van der Waals surface area (Å²) in [7, 11) is 0. The second kappa shape index (κ2) is 9.33. The van der Waals surface area contributed by atoms with Crippen molar-refractivity contribution in [1.29, 1.82) is 5.26 Å². The SMILES string of the molecule is N#Cc1c(NC(=O)CN2CCN(c3ncccn3)CC2)sc2c1CCCCCC2. The van der Waals surface area contributed by atoms with Crippen LogP contribution in [0.15, 0.2) is 18.5 Å². The number of nitrogens with one attached hydrogen (secondary N) is 1. The van der Waals surface area contributed by atoms with Crippen molar-refractivity contribution in [2.75, 3.05) is 42.9 Å². The van der Waals surface area contributed by atoms with Gasteiger partial charge in [-0.25, -0.2) is 9.97 Å². The molecule has 4 rings (SSSR count). The number of fused-ring (bicyclic) bond motifs is 1. The van der Waals surface area contributed by atoms with Crippen molar-refractivity contribution in [3.8, 4) is 6.07 Å². The number of aryl methyl sites for hydroxylation is 1. The van der Waals surface area contributed by atoms with E-state index >= 15 is 0 Å². The number of hydrogen-bond donors (Lipinski definition) is 1. The molecule has 152 valence electrons. The maximum Gasteiger partial charge on any atom is 0.239 e. The Bertz CT molecular complexity index is 883. The molecule has 0 atom stereocenters. The molecule has 0 radical (unpaired) electrons. The highest BCUT2D eigenvalue weighted by Crippen LogP contribution is 2.36. The Balaban J connectivity index is 1.35. The minimum atomic E-state index is -0.0415. The third kappa shape index (κ3) is 4.74. The van der Waals surface area contributed by atoms with Crippen molar-refractivity contribution in [3.05, 3.63) is 34.5 Å². The van der Waals surface area contributed by atoms with Crippen LogP contribution in [0.1, 0.15) is 41.7 Å². The second-order valence-corrected chi connectivity index (χ2v) is 8.70. The van der Waals surface area contributed by atoms with Crippen LogP contribution in [0.5, 0.6) is 0 Å². The Morgan fingerprint density at radius 2 is 1.83 bits per heavy atom. The Hall–Kier alpha value is -2.50. The fourth-order valence-electron chi connectivity index (χ4n) is 4.06. The summed E-state index contributed by atoms with van der Waals surface area (Å²) in [5, 5.41) is 13.4. The number of amides is 1. The van der Waals surface area contributed by atoms with Gasteiger partial charge >= 0.3 is 0 Å². The first-order chi connectivity index (χ1) is 14.2. The van der Waals surface area contributed by atoms with Crippen molar-refractivity contribution in [1.82, 2.24) is 14.9 Å². The van der Waals surface area contributed by atoms with E-state index in [1.807, 2.05) is 6.07 Å². The van der Waals surface area contributed by atoms with E-state index in [0.29, 0.717) is 12.1 Å². The average Bonchev–Trinajstić information content (AvgIpc) is 3.04. The number of thiophene rings is 1. The molecule has 1 aliphatic carbocycles. The summed E-state index contributed by atoms with van der Waals surface area (Å²) in [6.45, 7) is 3.52. The molecule has 7 nitrogen and oxygen atoms in total. The average molecular weight is 411 g/mol. The number of nitriles is 1. The van der Waals surface area contributed by atoms with Crippen LogP contribution >= 0.6 is 11.3 Å². The van der Waals surface area contributed by atoms with Gasteiger partial charge < -0.3 is 10.2 Å². The lowest BCUT2D eigenvalue weighted by atomic mass is 9.97. The van der Waals surface area contributed by atoms with Gasteiger partial charge in [-0.2, -0.15) is 5.26 Å². The first kappa shape index (κ1) is 19.8. The Morgan fingerprint density at radius 1 is 1.10 bits per heavy atom. The van der Waals surface area contributed by atoms with Gasteiger partial charge in [-0.15, -0.1) is 11.3 Å². The van der Waals surface area contributed by atoms with Crippen LogP contribution in [0.4, 0.5) is 10.9 Å². The molecule has 2 aliphatic rings. The molecule has 29 heavy (non-hydrogen) atoms. The van der Waals surface area contributed by atoms with Crippen molar-refractivity contribution >= 4 is 28.2 Å². The summed E-state index contributed by atoms with van der Waals surface area (Å²) in [5.74, 6) is 0.700.